The van der Waals surface area contributed by atoms with Crippen molar-refractivity contribution in [3.05, 3.63) is 72.4 Å². The number of esters is 1. The fraction of sp³-hybridized carbons (Fsp3) is 0.0909. The molecule has 4 aromatic rings. The van der Waals surface area contributed by atoms with Crippen LogP contribution >= 0.6 is 0 Å². The van der Waals surface area contributed by atoms with Gasteiger partial charge < -0.3 is 14.5 Å². The summed E-state index contributed by atoms with van der Waals surface area (Å²) in [6.07, 6.45) is 1.76. The molecular formula is C22H18N2O3. The number of aromatic nitrogens is 2. The van der Waals surface area contributed by atoms with Crippen LogP contribution < -0.4 is 4.74 Å². The molecule has 0 aliphatic heterocycles. The number of carbonyl (C=O) groups is 1. The molecule has 0 aliphatic carbocycles. The molecule has 2 aromatic carbocycles. The Kier molecular flexibility index (Phi) is 4.34. The second-order valence-corrected chi connectivity index (χ2v) is 6.07. The summed E-state index contributed by atoms with van der Waals surface area (Å²) in [5.41, 5.74) is 5.15. The van der Waals surface area contributed by atoms with E-state index in [4.69, 9.17) is 9.47 Å². The Labute approximate surface area is 156 Å². The van der Waals surface area contributed by atoms with Crippen molar-refractivity contribution < 1.29 is 14.3 Å². The highest BCUT2D eigenvalue weighted by Gasteiger charge is 2.17. The van der Waals surface area contributed by atoms with E-state index in [1.807, 2.05) is 48.5 Å². The molecule has 0 saturated carbocycles. The van der Waals surface area contributed by atoms with Crippen LogP contribution in [-0.4, -0.2) is 30.2 Å². The lowest BCUT2D eigenvalue weighted by atomic mass is 9.99. The Morgan fingerprint density at radius 1 is 1.00 bits per heavy atom. The summed E-state index contributed by atoms with van der Waals surface area (Å²) in [5.74, 6) is 0.433. The van der Waals surface area contributed by atoms with Crippen molar-refractivity contribution in [2.24, 2.45) is 0 Å². The van der Waals surface area contributed by atoms with Gasteiger partial charge in [-0.15, -0.1) is 0 Å². The Hall–Kier alpha value is -3.60. The summed E-state index contributed by atoms with van der Waals surface area (Å²) >= 11 is 0. The second kappa shape index (κ2) is 6.96. The largest absolute Gasteiger partial charge is 0.497 e. The maximum Gasteiger partial charge on any atom is 0.337 e. The first kappa shape index (κ1) is 16.8. The third kappa shape index (κ3) is 3.04. The van der Waals surface area contributed by atoms with Crippen molar-refractivity contribution in [2.75, 3.05) is 14.2 Å². The Balaban J connectivity index is 1.96. The number of hydrogen-bond donors (Lipinski definition) is 1. The molecule has 5 heteroatoms. The predicted molar refractivity (Wildman–Crippen MR) is 105 cm³/mol. The number of hydrogen-bond acceptors (Lipinski definition) is 4. The van der Waals surface area contributed by atoms with Gasteiger partial charge in [-0.05, 0) is 42.0 Å². The van der Waals surface area contributed by atoms with Crippen molar-refractivity contribution in [1.29, 1.82) is 0 Å². The van der Waals surface area contributed by atoms with Crippen LogP contribution in [0.5, 0.6) is 5.75 Å². The number of benzene rings is 2. The fourth-order valence-corrected chi connectivity index (χ4v) is 3.20. The van der Waals surface area contributed by atoms with Gasteiger partial charge in [0, 0.05) is 22.7 Å². The molecule has 0 unspecified atom stereocenters. The minimum atomic E-state index is -0.364. The van der Waals surface area contributed by atoms with Gasteiger partial charge >= 0.3 is 5.97 Å². The second-order valence-electron chi connectivity index (χ2n) is 6.07. The monoisotopic (exact) mass is 358 g/mol. The third-order valence-corrected chi connectivity index (χ3v) is 4.52. The topological polar surface area (TPSA) is 64.2 Å². The van der Waals surface area contributed by atoms with E-state index in [2.05, 4.69) is 9.97 Å². The first-order valence-electron chi connectivity index (χ1n) is 8.51. The van der Waals surface area contributed by atoms with Gasteiger partial charge in [-0.25, -0.2) is 4.79 Å². The van der Waals surface area contributed by atoms with Gasteiger partial charge in [0.25, 0.3) is 0 Å². The summed E-state index contributed by atoms with van der Waals surface area (Å²) in [6, 6.07) is 19.2. The van der Waals surface area contributed by atoms with Crippen molar-refractivity contribution in [3.8, 4) is 28.3 Å². The molecule has 0 atom stereocenters. The normalized spacial score (nSPS) is 10.7. The maximum absolute atomic E-state index is 11.9. The standard InChI is InChI=1S/C22H18N2O3/c1-26-16-9-6-14(7-10-16)20-17-11-8-15(22(25)27-2)13-19(17)24-21(20)18-5-3-4-12-23-18/h3-13,24H,1-2H3. The number of nitrogens with one attached hydrogen (secondary N) is 1. The summed E-state index contributed by atoms with van der Waals surface area (Å²) in [4.78, 5) is 19.8. The molecule has 0 bridgehead atoms. The van der Waals surface area contributed by atoms with E-state index in [9.17, 15) is 4.79 Å². The minimum absolute atomic E-state index is 0.364. The number of fused-ring (bicyclic) bond motifs is 1. The van der Waals surface area contributed by atoms with E-state index < -0.39 is 0 Å². The number of rotatable bonds is 4. The Morgan fingerprint density at radius 3 is 2.48 bits per heavy atom. The van der Waals surface area contributed by atoms with Crippen LogP contribution in [0.3, 0.4) is 0 Å². The number of carbonyl (C=O) groups excluding carboxylic acids is 1. The molecule has 5 nitrogen and oxygen atoms in total. The zero-order valence-corrected chi connectivity index (χ0v) is 15.0. The van der Waals surface area contributed by atoms with Crippen LogP contribution in [-0.2, 0) is 4.74 Å². The molecule has 0 radical (unpaired) electrons. The molecule has 0 amide bonds. The van der Waals surface area contributed by atoms with E-state index in [1.165, 1.54) is 7.11 Å². The molecule has 0 aliphatic rings. The van der Waals surface area contributed by atoms with Gasteiger partial charge in [0.1, 0.15) is 5.75 Å². The van der Waals surface area contributed by atoms with E-state index in [0.29, 0.717) is 5.56 Å². The number of aromatic amines is 1. The van der Waals surface area contributed by atoms with Crippen molar-refractivity contribution in [3.63, 3.8) is 0 Å². The van der Waals surface area contributed by atoms with Gasteiger partial charge in [0.2, 0.25) is 0 Å². The molecule has 134 valence electrons. The molecule has 0 saturated heterocycles. The zero-order valence-electron chi connectivity index (χ0n) is 15.0. The minimum Gasteiger partial charge on any atom is -0.497 e. The highest BCUT2D eigenvalue weighted by atomic mass is 16.5. The molecule has 2 aromatic heterocycles. The summed E-state index contributed by atoms with van der Waals surface area (Å²) in [7, 11) is 3.03. The highest BCUT2D eigenvalue weighted by Crippen LogP contribution is 2.38. The molecular weight excluding hydrogens is 340 g/mol. The highest BCUT2D eigenvalue weighted by molar-refractivity contribution is 6.05. The van der Waals surface area contributed by atoms with Crippen molar-refractivity contribution in [1.82, 2.24) is 9.97 Å². The number of ether oxygens (including phenoxy) is 2. The lowest BCUT2D eigenvalue weighted by Crippen LogP contribution is -2.00. The van der Waals surface area contributed by atoms with Crippen LogP contribution in [0.15, 0.2) is 66.9 Å². The Morgan fingerprint density at radius 2 is 1.81 bits per heavy atom. The van der Waals surface area contributed by atoms with Crippen LogP contribution in [0.1, 0.15) is 10.4 Å². The van der Waals surface area contributed by atoms with Gasteiger partial charge in [0.05, 0.1) is 31.2 Å². The lowest BCUT2D eigenvalue weighted by Gasteiger charge is -2.06. The predicted octanol–water partition coefficient (Wildman–Crippen LogP) is 4.69. The van der Waals surface area contributed by atoms with Crippen LogP contribution in [0, 0.1) is 0 Å². The molecule has 27 heavy (non-hydrogen) atoms. The van der Waals surface area contributed by atoms with E-state index in [-0.39, 0.29) is 5.97 Å². The molecule has 0 fully saturated rings. The fourth-order valence-electron chi connectivity index (χ4n) is 3.20. The maximum atomic E-state index is 11.9. The zero-order chi connectivity index (χ0) is 18.8. The molecule has 1 N–H and O–H groups in total. The number of pyridine rings is 1. The average molecular weight is 358 g/mol. The SMILES string of the molecule is COC(=O)c1ccc2c(-c3ccc(OC)cc3)c(-c3ccccn3)[nH]c2c1. The first-order chi connectivity index (χ1) is 13.2. The van der Waals surface area contributed by atoms with Gasteiger partial charge in [-0.3, -0.25) is 4.98 Å². The van der Waals surface area contributed by atoms with Gasteiger partial charge in [-0.1, -0.05) is 24.3 Å². The van der Waals surface area contributed by atoms with Gasteiger partial charge in [0.15, 0.2) is 0 Å². The van der Waals surface area contributed by atoms with Crippen LogP contribution in [0.25, 0.3) is 33.4 Å². The lowest BCUT2D eigenvalue weighted by molar-refractivity contribution is 0.0601. The van der Waals surface area contributed by atoms with Crippen molar-refractivity contribution >= 4 is 16.9 Å². The number of methoxy groups -OCH3 is 2. The summed E-state index contributed by atoms with van der Waals surface area (Å²) < 4.78 is 10.1. The molecule has 2 heterocycles. The number of H-pyrrole nitrogens is 1. The van der Waals surface area contributed by atoms with E-state index in [1.54, 1.807) is 25.4 Å². The third-order valence-electron chi connectivity index (χ3n) is 4.52. The summed E-state index contributed by atoms with van der Waals surface area (Å²) in [5, 5.41) is 1.01. The van der Waals surface area contributed by atoms with Crippen LogP contribution in [0.2, 0.25) is 0 Å². The van der Waals surface area contributed by atoms with E-state index >= 15 is 0 Å². The van der Waals surface area contributed by atoms with Gasteiger partial charge in [-0.2, -0.15) is 0 Å². The molecule has 0 spiro atoms. The smallest absolute Gasteiger partial charge is 0.337 e. The Bertz CT molecular complexity index is 1100. The van der Waals surface area contributed by atoms with Crippen molar-refractivity contribution in [2.45, 2.75) is 0 Å². The quantitative estimate of drug-likeness (QED) is 0.538. The number of nitrogens with zero attached hydrogens (tertiary/aromatic N) is 1. The first-order valence-corrected chi connectivity index (χ1v) is 8.51. The molecule has 4 rings (SSSR count). The van der Waals surface area contributed by atoms with Crippen LogP contribution in [0.4, 0.5) is 0 Å². The average Bonchev–Trinajstić information content (AvgIpc) is 3.12. The van der Waals surface area contributed by atoms with E-state index in [0.717, 1.165) is 39.2 Å². The summed E-state index contributed by atoms with van der Waals surface area (Å²) in [6.45, 7) is 0.